The lowest BCUT2D eigenvalue weighted by atomic mass is 10.0. The molecule has 1 aromatic heterocycles. The van der Waals surface area contributed by atoms with E-state index in [4.69, 9.17) is 4.74 Å². The van der Waals surface area contributed by atoms with Crippen LogP contribution in [0.1, 0.15) is 35.3 Å². The first-order chi connectivity index (χ1) is 11.4. The smallest absolute Gasteiger partial charge is 0.340 e. The van der Waals surface area contributed by atoms with Crippen LogP contribution in [0.3, 0.4) is 0 Å². The first kappa shape index (κ1) is 17.5. The lowest BCUT2D eigenvalue weighted by Gasteiger charge is -2.09. The lowest BCUT2D eigenvalue weighted by Crippen LogP contribution is -2.26. The zero-order valence-corrected chi connectivity index (χ0v) is 14.4. The summed E-state index contributed by atoms with van der Waals surface area (Å²) in [6.07, 6.45) is 5.17. The van der Waals surface area contributed by atoms with Gasteiger partial charge in [0.1, 0.15) is 0 Å². The fourth-order valence-electron chi connectivity index (χ4n) is 2.36. The minimum absolute atomic E-state index is 0.223. The highest BCUT2D eigenvalue weighted by Crippen LogP contribution is 2.24. The Morgan fingerprint density at radius 1 is 1.12 bits per heavy atom. The molecule has 5 nitrogen and oxygen atoms in total. The summed E-state index contributed by atoms with van der Waals surface area (Å²) in [6.45, 7) is 3.95. The lowest BCUT2D eigenvalue weighted by molar-refractivity contribution is 0.0526. The minimum atomic E-state index is -0.432. The zero-order valence-electron chi connectivity index (χ0n) is 14.4. The Morgan fingerprint density at radius 3 is 2.33 bits per heavy atom. The number of hydrogen-bond donors (Lipinski definition) is 0. The van der Waals surface area contributed by atoms with E-state index in [9.17, 15) is 9.59 Å². The summed E-state index contributed by atoms with van der Waals surface area (Å²) in [6, 6.07) is 9.59. The molecular weight excluding hydrogens is 304 g/mol. The van der Waals surface area contributed by atoms with Gasteiger partial charge in [0.15, 0.2) is 0 Å². The summed E-state index contributed by atoms with van der Waals surface area (Å²) in [5.74, 6) is -0.432. The molecule has 2 aromatic rings. The molecule has 2 rings (SSSR count). The predicted octanol–water partition coefficient (Wildman–Crippen LogP) is 3.76. The van der Waals surface area contributed by atoms with Gasteiger partial charge in [-0.15, -0.1) is 0 Å². The van der Waals surface area contributed by atoms with E-state index in [1.54, 1.807) is 27.2 Å². The average molecular weight is 326 g/mol. The Morgan fingerprint density at radius 2 is 1.75 bits per heavy atom. The van der Waals surface area contributed by atoms with Crippen molar-refractivity contribution in [3.05, 3.63) is 59.4 Å². The maximum atomic E-state index is 12.2. The molecule has 1 aromatic carbocycles. The Bertz CT molecular complexity index is 758. The van der Waals surface area contributed by atoms with Crippen molar-refractivity contribution in [3.8, 4) is 0 Å². The van der Waals surface area contributed by atoms with E-state index >= 15 is 0 Å². The van der Waals surface area contributed by atoms with Crippen LogP contribution in [0.25, 0.3) is 11.6 Å². The van der Waals surface area contributed by atoms with E-state index in [0.717, 1.165) is 11.1 Å². The topological polar surface area (TPSA) is 51.5 Å². The molecule has 126 valence electrons. The van der Waals surface area contributed by atoms with Crippen LogP contribution in [0.5, 0.6) is 0 Å². The third kappa shape index (κ3) is 3.93. The molecular formula is C19H22N2O3. The maximum absolute atomic E-state index is 12.2. The Balaban J connectivity index is 2.48. The fourth-order valence-corrected chi connectivity index (χ4v) is 2.36. The number of ether oxygens (including phenoxy) is 1. The summed E-state index contributed by atoms with van der Waals surface area (Å²) >= 11 is 0. The molecule has 0 spiro atoms. The van der Waals surface area contributed by atoms with Crippen molar-refractivity contribution in [1.82, 2.24) is 9.47 Å². The second kappa shape index (κ2) is 7.64. The van der Waals surface area contributed by atoms with Crippen molar-refractivity contribution in [1.29, 1.82) is 0 Å². The molecule has 1 heterocycles. The summed E-state index contributed by atoms with van der Waals surface area (Å²) in [7, 11) is 3.33. The van der Waals surface area contributed by atoms with Gasteiger partial charge in [-0.2, -0.15) is 0 Å². The van der Waals surface area contributed by atoms with E-state index in [2.05, 4.69) is 0 Å². The van der Waals surface area contributed by atoms with E-state index in [1.165, 1.54) is 15.7 Å². The highest BCUT2D eigenvalue weighted by molar-refractivity contribution is 5.98. The molecule has 0 unspecified atom stereocenters. The minimum Gasteiger partial charge on any atom is -0.462 e. The van der Waals surface area contributed by atoms with Gasteiger partial charge in [-0.1, -0.05) is 36.4 Å². The number of rotatable bonds is 4. The first-order valence-electron chi connectivity index (χ1n) is 7.78. The number of aromatic nitrogens is 1. The van der Waals surface area contributed by atoms with Crippen LogP contribution in [0.4, 0.5) is 4.79 Å². The first-order valence-corrected chi connectivity index (χ1v) is 7.78. The fraction of sp³-hybridized carbons (Fsp3) is 0.263. The molecule has 0 aliphatic heterocycles. The number of esters is 1. The Hall–Kier alpha value is -2.82. The number of benzene rings is 1. The van der Waals surface area contributed by atoms with Gasteiger partial charge >= 0.3 is 12.0 Å². The van der Waals surface area contributed by atoms with Crippen LogP contribution in [-0.4, -0.2) is 42.2 Å². The van der Waals surface area contributed by atoms with Crippen LogP contribution in [0.2, 0.25) is 0 Å². The van der Waals surface area contributed by atoms with E-state index in [1.807, 2.05) is 43.3 Å². The standard InChI is InChI=1S/C19H22N2O3/c1-5-24-18(22)17-13-21(19(23)20(3)4)12-16(17)14(2)11-15-9-7-6-8-10-15/h6-13H,5H2,1-4H3/b14-11+. The second-order valence-corrected chi connectivity index (χ2v) is 5.63. The molecule has 0 aliphatic rings. The predicted molar refractivity (Wildman–Crippen MR) is 94.9 cm³/mol. The summed E-state index contributed by atoms with van der Waals surface area (Å²) < 4.78 is 6.52. The van der Waals surface area contributed by atoms with Gasteiger partial charge in [0.2, 0.25) is 0 Å². The monoisotopic (exact) mass is 326 g/mol. The number of carbonyl (C=O) groups is 2. The van der Waals surface area contributed by atoms with Gasteiger partial charge in [0.05, 0.1) is 12.2 Å². The Labute approximate surface area is 142 Å². The normalized spacial score (nSPS) is 11.2. The van der Waals surface area contributed by atoms with Crippen molar-refractivity contribution < 1.29 is 14.3 Å². The number of carbonyl (C=O) groups excluding carboxylic acids is 2. The number of amides is 1. The van der Waals surface area contributed by atoms with Gasteiger partial charge in [-0.3, -0.25) is 4.57 Å². The molecule has 5 heteroatoms. The second-order valence-electron chi connectivity index (χ2n) is 5.63. The van der Waals surface area contributed by atoms with Crippen molar-refractivity contribution in [2.45, 2.75) is 13.8 Å². The van der Waals surface area contributed by atoms with Crippen molar-refractivity contribution >= 4 is 23.6 Å². The third-order valence-corrected chi connectivity index (χ3v) is 3.53. The van der Waals surface area contributed by atoms with E-state index in [0.29, 0.717) is 11.1 Å². The largest absolute Gasteiger partial charge is 0.462 e. The maximum Gasteiger partial charge on any atom is 0.340 e. The average Bonchev–Trinajstić information content (AvgIpc) is 3.00. The highest BCUT2D eigenvalue weighted by atomic mass is 16.5. The van der Waals surface area contributed by atoms with Crippen LogP contribution in [0.15, 0.2) is 42.7 Å². The highest BCUT2D eigenvalue weighted by Gasteiger charge is 2.20. The molecule has 0 atom stereocenters. The van der Waals surface area contributed by atoms with Gasteiger partial charge in [0, 0.05) is 32.1 Å². The number of hydrogen-bond acceptors (Lipinski definition) is 3. The van der Waals surface area contributed by atoms with Gasteiger partial charge < -0.3 is 9.64 Å². The number of nitrogens with zero attached hydrogens (tertiary/aromatic N) is 2. The van der Waals surface area contributed by atoms with Crippen LogP contribution < -0.4 is 0 Å². The van der Waals surface area contributed by atoms with E-state index < -0.39 is 5.97 Å². The SMILES string of the molecule is CCOC(=O)c1cn(C(=O)N(C)C)cc1/C(C)=C/c1ccccc1. The Kier molecular flexibility index (Phi) is 5.58. The molecule has 1 amide bonds. The molecule has 0 aliphatic carbocycles. The van der Waals surface area contributed by atoms with Gasteiger partial charge in [0.25, 0.3) is 0 Å². The van der Waals surface area contributed by atoms with Crippen molar-refractivity contribution in [3.63, 3.8) is 0 Å². The van der Waals surface area contributed by atoms with Crippen molar-refractivity contribution in [2.75, 3.05) is 20.7 Å². The van der Waals surface area contributed by atoms with Gasteiger partial charge in [-0.05, 0) is 25.0 Å². The van der Waals surface area contributed by atoms with Crippen LogP contribution in [0, 0.1) is 0 Å². The molecule has 0 N–H and O–H groups in total. The molecule has 0 fully saturated rings. The van der Waals surface area contributed by atoms with Crippen LogP contribution >= 0.6 is 0 Å². The third-order valence-electron chi connectivity index (χ3n) is 3.53. The van der Waals surface area contributed by atoms with Crippen molar-refractivity contribution in [2.24, 2.45) is 0 Å². The molecule has 0 saturated carbocycles. The quantitative estimate of drug-likeness (QED) is 0.804. The molecule has 0 radical (unpaired) electrons. The molecule has 0 saturated heterocycles. The summed E-state index contributed by atoms with van der Waals surface area (Å²) in [5, 5.41) is 0. The zero-order chi connectivity index (χ0) is 17.7. The van der Waals surface area contributed by atoms with Gasteiger partial charge in [-0.25, -0.2) is 9.59 Å². The molecule has 24 heavy (non-hydrogen) atoms. The molecule has 0 bridgehead atoms. The summed E-state index contributed by atoms with van der Waals surface area (Å²) in [5.41, 5.74) is 2.98. The number of allylic oxidation sites excluding steroid dienone is 1. The summed E-state index contributed by atoms with van der Waals surface area (Å²) in [4.78, 5) is 25.9. The van der Waals surface area contributed by atoms with Crippen LogP contribution in [-0.2, 0) is 4.74 Å². The van der Waals surface area contributed by atoms with E-state index in [-0.39, 0.29) is 12.6 Å².